The predicted molar refractivity (Wildman–Crippen MR) is 152 cm³/mol. The topological polar surface area (TPSA) is 92.3 Å². The minimum Gasteiger partial charge on any atom is -0.309 e. The molecular weight excluding hydrogens is 604 g/mol. The molecular formula is C16H40O10P4S4. The van der Waals surface area contributed by atoms with Crippen molar-refractivity contribution in [1.29, 1.82) is 0 Å². The van der Waals surface area contributed by atoms with Crippen molar-refractivity contribution in [3.05, 3.63) is 0 Å². The summed E-state index contributed by atoms with van der Waals surface area (Å²) in [6.45, 7) is 6.17. The Morgan fingerprint density at radius 2 is 0.441 bits per heavy atom. The summed E-state index contributed by atoms with van der Waals surface area (Å²) in [6, 6.07) is 0. The SMILES string of the molecule is CCOP(=S)(OCC)OP(=S)(OCC)OCC.CCOP(=S)(OCC)OP(=S)(OCC)OCC. The molecule has 0 aliphatic rings. The highest BCUT2D eigenvalue weighted by atomic mass is 32.5. The molecule has 34 heavy (non-hydrogen) atoms. The van der Waals surface area contributed by atoms with E-state index in [1.165, 1.54) is 0 Å². The fraction of sp³-hybridized carbons (Fsp3) is 1.00. The van der Waals surface area contributed by atoms with E-state index < -0.39 is 26.9 Å². The molecule has 0 amide bonds. The average molecular weight is 645 g/mol. The monoisotopic (exact) mass is 644 g/mol. The Morgan fingerprint density at radius 3 is 0.529 bits per heavy atom. The summed E-state index contributed by atoms with van der Waals surface area (Å²) in [4.78, 5) is 0. The number of hydrogen-bond donors (Lipinski definition) is 0. The average Bonchev–Trinajstić information content (AvgIpc) is 2.69. The van der Waals surface area contributed by atoms with Gasteiger partial charge in [0.05, 0.1) is 52.9 Å². The Labute approximate surface area is 226 Å². The Kier molecular flexibility index (Phi) is 23.8. The third kappa shape index (κ3) is 17.7. The molecule has 18 heteroatoms. The summed E-state index contributed by atoms with van der Waals surface area (Å²) in [7, 11) is 0. The van der Waals surface area contributed by atoms with Crippen LogP contribution in [0.15, 0.2) is 0 Å². The van der Waals surface area contributed by atoms with Gasteiger partial charge in [-0.05, 0) is 103 Å². The van der Waals surface area contributed by atoms with Crippen LogP contribution in [0, 0.1) is 0 Å². The van der Waals surface area contributed by atoms with Gasteiger partial charge in [0.25, 0.3) is 0 Å². The number of hydrogen-bond acceptors (Lipinski definition) is 14. The van der Waals surface area contributed by atoms with Gasteiger partial charge in [0.15, 0.2) is 0 Å². The Bertz CT molecular complexity index is 561. The lowest BCUT2D eigenvalue weighted by atomic mass is 10.9. The van der Waals surface area contributed by atoms with E-state index in [0.717, 1.165) is 0 Å². The molecule has 208 valence electrons. The van der Waals surface area contributed by atoms with Gasteiger partial charge in [0.2, 0.25) is 0 Å². The molecule has 0 unspecified atom stereocenters. The first-order valence-electron chi connectivity index (χ1n) is 10.9. The molecule has 0 atom stereocenters. The summed E-state index contributed by atoms with van der Waals surface area (Å²) in [6.07, 6.45) is 0. The van der Waals surface area contributed by atoms with Gasteiger partial charge in [-0.25, -0.2) is 8.62 Å². The molecule has 0 aromatic carbocycles. The maximum atomic E-state index is 5.55. The maximum absolute atomic E-state index is 5.55. The van der Waals surface area contributed by atoms with Gasteiger partial charge in [0.1, 0.15) is 0 Å². The standard InChI is InChI=1S/2C8H20O5P2S2/c2*1-5-9-14(16,10-6-2)13-15(17,11-7-3)12-8-4/h2*5-8H2,1-4H3. The van der Waals surface area contributed by atoms with Gasteiger partial charge in [-0.3, -0.25) is 0 Å². The first-order valence-corrected chi connectivity index (χ1v) is 21.1. The van der Waals surface area contributed by atoms with Gasteiger partial charge in [-0.15, -0.1) is 0 Å². The normalized spacial score (nSPS) is 12.9. The lowest BCUT2D eigenvalue weighted by Crippen LogP contribution is -2.03. The summed E-state index contributed by atoms with van der Waals surface area (Å²) >= 11 is 20.9. The van der Waals surface area contributed by atoms with E-state index in [2.05, 4.69) is 0 Å². The van der Waals surface area contributed by atoms with Crippen LogP contribution in [0.3, 0.4) is 0 Å². The molecule has 10 nitrogen and oxygen atoms in total. The zero-order chi connectivity index (χ0) is 26.7. The molecule has 0 aliphatic carbocycles. The molecule has 0 aliphatic heterocycles. The van der Waals surface area contributed by atoms with Crippen LogP contribution >= 0.6 is 26.9 Å². The quantitative estimate of drug-likeness (QED) is 0.125. The van der Waals surface area contributed by atoms with Gasteiger partial charge in [-0.1, -0.05) is 0 Å². The zero-order valence-corrected chi connectivity index (χ0v) is 28.0. The fourth-order valence-corrected chi connectivity index (χ4v) is 14.6. The van der Waals surface area contributed by atoms with Crippen molar-refractivity contribution < 1.29 is 44.8 Å². The molecule has 0 aromatic rings. The molecule has 0 heterocycles. The Morgan fingerprint density at radius 1 is 0.324 bits per heavy atom. The molecule has 0 bridgehead atoms. The second-order valence-electron chi connectivity index (χ2n) is 5.29. The second-order valence-corrected chi connectivity index (χ2v) is 17.6. The zero-order valence-electron chi connectivity index (χ0n) is 21.2. The third-order valence-electron chi connectivity index (χ3n) is 2.70. The van der Waals surface area contributed by atoms with E-state index in [0.29, 0.717) is 52.9 Å². The van der Waals surface area contributed by atoms with Crippen molar-refractivity contribution in [2.75, 3.05) is 52.9 Å². The highest BCUT2D eigenvalue weighted by molar-refractivity contribution is 8.15. The highest BCUT2D eigenvalue weighted by Crippen LogP contribution is 2.67. The van der Waals surface area contributed by atoms with Crippen molar-refractivity contribution in [2.45, 2.75) is 55.4 Å². The lowest BCUT2D eigenvalue weighted by molar-refractivity contribution is 0.174. The van der Waals surface area contributed by atoms with Crippen LogP contribution in [-0.2, 0) is 92.0 Å². The van der Waals surface area contributed by atoms with E-state index in [1.807, 2.05) is 55.4 Å². The van der Waals surface area contributed by atoms with E-state index in [1.54, 1.807) is 0 Å². The summed E-state index contributed by atoms with van der Waals surface area (Å²) < 4.78 is 53.8. The van der Waals surface area contributed by atoms with Crippen LogP contribution in [-0.4, -0.2) is 52.9 Å². The van der Waals surface area contributed by atoms with Gasteiger partial charge in [0, 0.05) is 0 Å². The molecule has 0 aromatic heterocycles. The smallest absolute Gasteiger partial charge is 0.309 e. The van der Waals surface area contributed by atoms with Crippen LogP contribution < -0.4 is 0 Å². The van der Waals surface area contributed by atoms with E-state index in [4.69, 9.17) is 92.0 Å². The Balaban J connectivity index is 0. The molecule has 0 rings (SSSR count). The molecule has 0 fully saturated rings. The summed E-state index contributed by atoms with van der Waals surface area (Å²) in [5.41, 5.74) is 0. The molecule has 0 N–H and O–H groups in total. The third-order valence-corrected chi connectivity index (χ3v) is 15.4. The molecule has 0 spiro atoms. The minimum atomic E-state index is -2.87. The Hall–Kier alpha value is 2.20. The first-order chi connectivity index (χ1) is 15.9. The largest absolute Gasteiger partial charge is 0.334 e. The molecule has 0 saturated carbocycles. The second kappa shape index (κ2) is 21.1. The van der Waals surface area contributed by atoms with Crippen LogP contribution in [0.25, 0.3) is 0 Å². The van der Waals surface area contributed by atoms with E-state index in [-0.39, 0.29) is 0 Å². The van der Waals surface area contributed by atoms with Crippen molar-refractivity contribution in [3.63, 3.8) is 0 Å². The lowest BCUT2D eigenvalue weighted by Gasteiger charge is -2.27. The van der Waals surface area contributed by atoms with Crippen molar-refractivity contribution >= 4 is 74.1 Å². The molecule has 0 radical (unpaired) electrons. The predicted octanol–water partition coefficient (Wildman–Crippen LogP) is 7.20. The summed E-state index contributed by atoms with van der Waals surface area (Å²) in [5.74, 6) is 0. The summed E-state index contributed by atoms with van der Waals surface area (Å²) in [5, 5.41) is 0. The van der Waals surface area contributed by atoms with Crippen LogP contribution in [0.5, 0.6) is 0 Å². The highest BCUT2D eigenvalue weighted by Gasteiger charge is 2.33. The van der Waals surface area contributed by atoms with Crippen LogP contribution in [0.4, 0.5) is 0 Å². The van der Waals surface area contributed by atoms with Gasteiger partial charge >= 0.3 is 26.9 Å². The van der Waals surface area contributed by atoms with E-state index >= 15 is 0 Å². The minimum absolute atomic E-state index is 0.394. The van der Waals surface area contributed by atoms with E-state index in [9.17, 15) is 0 Å². The van der Waals surface area contributed by atoms with Crippen LogP contribution in [0.2, 0.25) is 0 Å². The first kappa shape index (κ1) is 38.3. The van der Waals surface area contributed by atoms with Crippen LogP contribution in [0.1, 0.15) is 55.4 Å². The maximum Gasteiger partial charge on any atom is 0.334 e. The molecule has 0 saturated heterocycles. The van der Waals surface area contributed by atoms with Gasteiger partial charge < -0.3 is 36.2 Å². The number of rotatable bonds is 20. The van der Waals surface area contributed by atoms with Crippen molar-refractivity contribution in [2.24, 2.45) is 0 Å². The van der Waals surface area contributed by atoms with Gasteiger partial charge in [-0.2, -0.15) is 0 Å². The van der Waals surface area contributed by atoms with Crippen molar-refractivity contribution in [1.82, 2.24) is 0 Å². The fourth-order valence-electron chi connectivity index (χ4n) is 1.85. The van der Waals surface area contributed by atoms with Crippen molar-refractivity contribution in [3.8, 4) is 0 Å².